The van der Waals surface area contributed by atoms with Crippen molar-refractivity contribution in [1.82, 2.24) is 10.4 Å². The van der Waals surface area contributed by atoms with Crippen molar-refractivity contribution < 1.29 is 0 Å². The Bertz CT molecular complexity index is 619. The zero-order chi connectivity index (χ0) is 16.8. The number of benzene rings is 2. The van der Waals surface area contributed by atoms with Gasteiger partial charge in [-0.2, -0.15) is 0 Å². The molecule has 0 unspecified atom stereocenters. The molecule has 1 heterocycles. The Labute approximate surface area is 144 Å². The summed E-state index contributed by atoms with van der Waals surface area (Å²) in [6, 6.07) is 20.1. The lowest BCUT2D eigenvalue weighted by molar-refractivity contribution is 0.285. The SMILES string of the molecule is NC(=CN1CCCCCN1)C(N)(c1ccccc1)c1ccccc1. The largest absolute Gasteiger partial charge is 0.399 e. The third kappa shape index (κ3) is 3.45. The van der Waals surface area contributed by atoms with E-state index in [4.69, 9.17) is 11.5 Å². The quantitative estimate of drug-likeness (QED) is 0.809. The van der Waals surface area contributed by atoms with E-state index in [1.54, 1.807) is 0 Å². The van der Waals surface area contributed by atoms with Crippen LogP contribution in [-0.4, -0.2) is 18.1 Å². The molecule has 1 saturated heterocycles. The Hall–Kier alpha value is -2.30. The molecule has 0 bridgehead atoms. The van der Waals surface area contributed by atoms with Crippen molar-refractivity contribution in [3.05, 3.63) is 83.7 Å². The molecule has 0 saturated carbocycles. The molecule has 1 fully saturated rings. The number of nitrogens with two attached hydrogens (primary N) is 2. The average molecular weight is 322 g/mol. The van der Waals surface area contributed by atoms with Crippen LogP contribution in [0.2, 0.25) is 0 Å². The minimum Gasteiger partial charge on any atom is -0.399 e. The summed E-state index contributed by atoms with van der Waals surface area (Å²) in [5.74, 6) is 0. The monoisotopic (exact) mass is 322 g/mol. The smallest absolute Gasteiger partial charge is 0.108 e. The zero-order valence-corrected chi connectivity index (χ0v) is 14.0. The number of hydrogen-bond acceptors (Lipinski definition) is 4. The molecule has 2 aromatic rings. The lowest BCUT2D eigenvalue weighted by atomic mass is 9.81. The third-order valence-electron chi connectivity index (χ3n) is 4.60. The maximum Gasteiger partial charge on any atom is 0.108 e. The predicted molar refractivity (Wildman–Crippen MR) is 98.7 cm³/mol. The maximum atomic E-state index is 6.89. The molecule has 0 aromatic heterocycles. The summed E-state index contributed by atoms with van der Waals surface area (Å²) in [5.41, 5.74) is 18.6. The lowest BCUT2D eigenvalue weighted by Crippen LogP contribution is -2.45. The first-order chi connectivity index (χ1) is 11.7. The molecule has 0 atom stereocenters. The number of nitrogens with one attached hydrogen (secondary N) is 1. The summed E-state index contributed by atoms with van der Waals surface area (Å²) in [6.07, 6.45) is 5.55. The summed E-state index contributed by atoms with van der Waals surface area (Å²) in [5, 5.41) is 2.08. The van der Waals surface area contributed by atoms with Crippen molar-refractivity contribution in [2.24, 2.45) is 11.5 Å². The van der Waals surface area contributed by atoms with Gasteiger partial charge < -0.3 is 16.5 Å². The molecule has 4 nitrogen and oxygen atoms in total. The van der Waals surface area contributed by atoms with Gasteiger partial charge in [0.05, 0.1) is 5.70 Å². The minimum atomic E-state index is -0.851. The van der Waals surface area contributed by atoms with Crippen molar-refractivity contribution in [1.29, 1.82) is 0 Å². The Morgan fingerprint density at radius 2 is 1.50 bits per heavy atom. The van der Waals surface area contributed by atoms with E-state index >= 15 is 0 Å². The highest BCUT2D eigenvalue weighted by Gasteiger charge is 2.33. The van der Waals surface area contributed by atoms with Gasteiger partial charge in [0.1, 0.15) is 5.54 Å². The van der Waals surface area contributed by atoms with Gasteiger partial charge in [-0.05, 0) is 24.0 Å². The predicted octanol–water partition coefficient (Wildman–Crippen LogP) is 2.68. The van der Waals surface area contributed by atoms with E-state index in [-0.39, 0.29) is 0 Å². The van der Waals surface area contributed by atoms with Gasteiger partial charge in [-0.1, -0.05) is 67.1 Å². The molecular formula is C20H26N4. The number of rotatable bonds is 4. The fourth-order valence-electron chi connectivity index (χ4n) is 3.17. The number of hydrazine groups is 1. The van der Waals surface area contributed by atoms with E-state index in [9.17, 15) is 0 Å². The van der Waals surface area contributed by atoms with Crippen molar-refractivity contribution >= 4 is 0 Å². The van der Waals surface area contributed by atoms with Crippen molar-refractivity contribution in [3.8, 4) is 0 Å². The Morgan fingerprint density at radius 1 is 0.917 bits per heavy atom. The molecule has 1 aliphatic rings. The highest BCUT2D eigenvalue weighted by atomic mass is 15.5. The van der Waals surface area contributed by atoms with E-state index < -0.39 is 5.54 Å². The van der Waals surface area contributed by atoms with Gasteiger partial charge in [-0.15, -0.1) is 0 Å². The van der Waals surface area contributed by atoms with Gasteiger partial charge in [-0.3, -0.25) is 0 Å². The van der Waals surface area contributed by atoms with Gasteiger partial charge >= 0.3 is 0 Å². The first-order valence-electron chi connectivity index (χ1n) is 8.59. The summed E-state index contributed by atoms with van der Waals surface area (Å²) in [6.45, 7) is 1.92. The van der Waals surface area contributed by atoms with Gasteiger partial charge in [0.25, 0.3) is 0 Å². The van der Waals surface area contributed by atoms with Crippen LogP contribution in [0.4, 0.5) is 0 Å². The molecule has 2 aromatic carbocycles. The van der Waals surface area contributed by atoms with E-state index in [0.717, 1.165) is 30.6 Å². The van der Waals surface area contributed by atoms with Crippen LogP contribution < -0.4 is 16.9 Å². The second-order valence-electron chi connectivity index (χ2n) is 6.29. The van der Waals surface area contributed by atoms with Crippen LogP contribution >= 0.6 is 0 Å². The molecule has 0 amide bonds. The van der Waals surface area contributed by atoms with Crippen LogP contribution in [-0.2, 0) is 5.54 Å². The Morgan fingerprint density at radius 3 is 2.08 bits per heavy atom. The standard InChI is InChI=1S/C20H26N4/c21-19(16-24-15-9-3-8-14-23-24)20(22,17-10-4-1-5-11-17)18-12-6-2-7-13-18/h1-2,4-7,10-13,16,23H,3,8-9,14-15,21-22H2. The van der Waals surface area contributed by atoms with Gasteiger partial charge in [0, 0.05) is 19.3 Å². The molecule has 0 spiro atoms. The van der Waals surface area contributed by atoms with E-state index in [1.165, 1.54) is 12.8 Å². The summed E-state index contributed by atoms with van der Waals surface area (Å²) >= 11 is 0. The molecule has 126 valence electrons. The fraction of sp³-hybridized carbons (Fsp3) is 0.300. The van der Waals surface area contributed by atoms with Crippen LogP contribution in [0.15, 0.2) is 72.6 Å². The Balaban J connectivity index is 2.01. The summed E-state index contributed by atoms with van der Waals surface area (Å²) < 4.78 is 0. The van der Waals surface area contributed by atoms with Crippen LogP contribution in [0.1, 0.15) is 30.4 Å². The number of hydrogen-bond donors (Lipinski definition) is 3. The van der Waals surface area contributed by atoms with Gasteiger partial charge in [-0.25, -0.2) is 5.43 Å². The van der Waals surface area contributed by atoms with E-state index in [1.807, 2.05) is 66.9 Å². The van der Waals surface area contributed by atoms with Crippen molar-refractivity contribution in [2.45, 2.75) is 24.8 Å². The summed E-state index contributed by atoms with van der Waals surface area (Å²) in [7, 11) is 0. The van der Waals surface area contributed by atoms with Gasteiger partial charge in [0.15, 0.2) is 0 Å². The first kappa shape index (κ1) is 16.6. The van der Waals surface area contributed by atoms with Gasteiger partial charge in [0.2, 0.25) is 0 Å². The second kappa shape index (κ2) is 7.51. The molecule has 5 N–H and O–H groups in total. The highest BCUT2D eigenvalue weighted by Crippen LogP contribution is 2.31. The normalized spacial score (nSPS) is 16.7. The van der Waals surface area contributed by atoms with Crippen LogP contribution in [0.5, 0.6) is 0 Å². The van der Waals surface area contributed by atoms with Crippen LogP contribution in [0.25, 0.3) is 0 Å². The molecule has 0 radical (unpaired) electrons. The first-order valence-corrected chi connectivity index (χ1v) is 8.59. The maximum absolute atomic E-state index is 6.89. The van der Waals surface area contributed by atoms with E-state index in [0.29, 0.717) is 5.70 Å². The van der Waals surface area contributed by atoms with Crippen LogP contribution in [0.3, 0.4) is 0 Å². The molecule has 4 heteroatoms. The highest BCUT2D eigenvalue weighted by molar-refractivity contribution is 5.45. The lowest BCUT2D eigenvalue weighted by Gasteiger charge is -2.33. The average Bonchev–Trinajstić information content (AvgIpc) is 2.91. The van der Waals surface area contributed by atoms with E-state index in [2.05, 4.69) is 10.4 Å². The molecular weight excluding hydrogens is 296 g/mol. The summed E-state index contributed by atoms with van der Waals surface area (Å²) in [4.78, 5) is 0. The van der Waals surface area contributed by atoms with Crippen molar-refractivity contribution in [3.63, 3.8) is 0 Å². The molecule has 1 aliphatic heterocycles. The molecule has 24 heavy (non-hydrogen) atoms. The van der Waals surface area contributed by atoms with Crippen molar-refractivity contribution in [2.75, 3.05) is 13.1 Å². The Kier molecular flexibility index (Phi) is 5.18. The number of nitrogens with zero attached hydrogens (tertiary/aromatic N) is 1. The molecule has 3 rings (SSSR count). The minimum absolute atomic E-state index is 0.634. The zero-order valence-electron chi connectivity index (χ0n) is 14.0. The third-order valence-corrected chi connectivity index (χ3v) is 4.60. The topological polar surface area (TPSA) is 67.3 Å². The molecule has 0 aliphatic carbocycles. The fourth-order valence-corrected chi connectivity index (χ4v) is 3.17. The van der Waals surface area contributed by atoms with Crippen LogP contribution in [0, 0.1) is 0 Å². The second-order valence-corrected chi connectivity index (χ2v) is 6.29.